The molecule has 2 rings (SSSR count). The van der Waals surface area contributed by atoms with Crippen LogP contribution in [0.3, 0.4) is 0 Å². The van der Waals surface area contributed by atoms with Gasteiger partial charge >= 0.3 is 11.7 Å². The molecular weight excluding hydrogens is 280 g/mol. The molecule has 0 saturated carbocycles. The molecule has 0 aliphatic rings. The van der Waals surface area contributed by atoms with Gasteiger partial charge in [-0.1, -0.05) is 6.92 Å². The summed E-state index contributed by atoms with van der Waals surface area (Å²) >= 11 is 1.07. The molecule has 0 saturated heterocycles. The first-order valence-electron chi connectivity index (χ1n) is 6.07. The molecule has 0 aliphatic heterocycles. The summed E-state index contributed by atoms with van der Waals surface area (Å²) in [6.07, 6.45) is 0.778. The van der Waals surface area contributed by atoms with Crippen molar-refractivity contribution in [3.8, 4) is 0 Å². The number of nitrogens with zero attached hydrogens (tertiary/aromatic N) is 3. The maximum Gasteiger partial charge on any atom is 0.343 e. The number of H-pyrrole nitrogens is 1. The van der Waals surface area contributed by atoms with Crippen molar-refractivity contribution < 1.29 is 9.90 Å². The number of aromatic carboxylic acids is 1. The van der Waals surface area contributed by atoms with E-state index < -0.39 is 5.97 Å². The predicted molar refractivity (Wildman–Crippen MR) is 73.2 cm³/mol. The molecule has 0 atom stereocenters. The van der Waals surface area contributed by atoms with Crippen molar-refractivity contribution >= 4 is 17.7 Å². The Bertz CT molecular complexity index is 692. The topological polar surface area (TPSA) is 101 Å². The largest absolute Gasteiger partial charge is 0.478 e. The minimum Gasteiger partial charge on any atom is -0.478 e. The molecule has 0 radical (unpaired) electrons. The minimum absolute atomic E-state index is 0.0964. The SMILES string of the molecule is CCCn1c(Sc2nc(C)ccc2C(=O)O)n[nH]c1=O. The number of hydrogen-bond donors (Lipinski definition) is 2. The van der Waals surface area contributed by atoms with Crippen molar-refractivity contribution in [2.45, 2.75) is 37.0 Å². The average molecular weight is 294 g/mol. The van der Waals surface area contributed by atoms with Crippen LogP contribution >= 0.6 is 11.8 Å². The lowest BCUT2D eigenvalue weighted by Crippen LogP contribution is -2.17. The predicted octanol–water partition coefficient (Wildman–Crippen LogP) is 1.53. The molecule has 7 nitrogen and oxygen atoms in total. The zero-order valence-electron chi connectivity index (χ0n) is 11.1. The number of aromatic nitrogens is 4. The third kappa shape index (κ3) is 2.90. The van der Waals surface area contributed by atoms with Gasteiger partial charge in [-0.25, -0.2) is 19.7 Å². The van der Waals surface area contributed by atoms with E-state index in [-0.39, 0.29) is 11.3 Å². The molecule has 2 N–H and O–H groups in total. The zero-order chi connectivity index (χ0) is 14.7. The Hall–Kier alpha value is -2.09. The standard InChI is InChI=1S/C12H14N4O3S/c1-3-6-16-11(19)14-15-12(16)20-9-8(10(17)18)5-4-7(2)13-9/h4-5H,3,6H2,1-2H3,(H,14,19)(H,17,18). The van der Waals surface area contributed by atoms with E-state index in [1.54, 1.807) is 13.0 Å². The second-order valence-electron chi connectivity index (χ2n) is 4.18. The summed E-state index contributed by atoms with van der Waals surface area (Å²) in [5.41, 5.74) is 0.496. The number of hydrogen-bond acceptors (Lipinski definition) is 5. The number of aryl methyl sites for hydroxylation is 1. The third-order valence-corrected chi connectivity index (χ3v) is 3.59. The van der Waals surface area contributed by atoms with Gasteiger partial charge in [0.1, 0.15) is 5.03 Å². The minimum atomic E-state index is -1.06. The Balaban J connectivity index is 2.42. The molecule has 0 aromatic carbocycles. The van der Waals surface area contributed by atoms with Crippen molar-refractivity contribution in [3.63, 3.8) is 0 Å². The first-order chi connectivity index (χ1) is 9.52. The van der Waals surface area contributed by atoms with Gasteiger partial charge in [-0.05, 0) is 37.2 Å². The van der Waals surface area contributed by atoms with Gasteiger partial charge in [0, 0.05) is 12.2 Å². The maximum absolute atomic E-state index is 11.6. The number of rotatable bonds is 5. The smallest absolute Gasteiger partial charge is 0.343 e. The fourth-order valence-electron chi connectivity index (χ4n) is 1.66. The molecule has 0 bridgehead atoms. The van der Waals surface area contributed by atoms with Gasteiger partial charge in [0.05, 0.1) is 5.56 Å². The Labute approximate surface area is 119 Å². The van der Waals surface area contributed by atoms with Crippen molar-refractivity contribution in [2.24, 2.45) is 0 Å². The molecular formula is C12H14N4O3S. The molecule has 0 aliphatic carbocycles. The summed E-state index contributed by atoms with van der Waals surface area (Å²) in [6.45, 7) is 4.24. The fourth-order valence-corrected chi connectivity index (χ4v) is 2.67. The molecule has 0 unspecified atom stereocenters. The lowest BCUT2D eigenvalue weighted by molar-refractivity contribution is 0.0692. The van der Waals surface area contributed by atoms with Crippen LogP contribution in [0.5, 0.6) is 0 Å². The van der Waals surface area contributed by atoms with E-state index in [1.807, 2.05) is 6.92 Å². The molecule has 20 heavy (non-hydrogen) atoms. The van der Waals surface area contributed by atoms with E-state index in [0.717, 1.165) is 18.2 Å². The van der Waals surface area contributed by atoms with Crippen LogP contribution < -0.4 is 5.69 Å². The highest BCUT2D eigenvalue weighted by Crippen LogP contribution is 2.27. The molecule has 0 amide bonds. The molecule has 0 fully saturated rings. The number of nitrogens with one attached hydrogen (secondary N) is 1. The van der Waals surface area contributed by atoms with Crippen LogP contribution in [-0.2, 0) is 6.54 Å². The Morgan fingerprint density at radius 2 is 2.25 bits per heavy atom. The van der Waals surface area contributed by atoms with Gasteiger partial charge in [-0.15, -0.1) is 5.10 Å². The van der Waals surface area contributed by atoms with Crippen LogP contribution in [0.25, 0.3) is 0 Å². The van der Waals surface area contributed by atoms with E-state index in [1.165, 1.54) is 10.6 Å². The molecule has 0 spiro atoms. The van der Waals surface area contributed by atoms with Crippen LogP contribution in [0.1, 0.15) is 29.4 Å². The van der Waals surface area contributed by atoms with Crippen molar-refractivity contribution in [3.05, 3.63) is 33.9 Å². The monoisotopic (exact) mass is 294 g/mol. The van der Waals surface area contributed by atoms with E-state index in [9.17, 15) is 9.59 Å². The average Bonchev–Trinajstić information content (AvgIpc) is 2.72. The first kappa shape index (κ1) is 14.3. The van der Waals surface area contributed by atoms with Gasteiger partial charge in [0.2, 0.25) is 0 Å². The van der Waals surface area contributed by atoms with Crippen molar-refractivity contribution in [1.29, 1.82) is 0 Å². The molecule has 2 aromatic rings. The van der Waals surface area contributed by atoms with Gasteiger partial charge < -0.3 is 5.11 Å². The van der Waals surface area contributed by atoms with Crippen LogP contribution in [0.15, 0.2) is 27.1 Å². The number of carboxylic acid groups (broad SMARTS) is 1. The van der Waals surface area contributed by atoms with Crippen LogP contribution in [0.4, 0.5) is 0 Å². The van der Waals surface area contributed by atoms with Gasteiger partial charge in [0.15, 0.2) is 5.16 Å². The highest BCUT2D eigenvalue weighted by atomic mass is 32.2. The van der Waals surface area contributed by atoms with Crippen molar-refractivity contribution in [2.75, 3.05) is 0 Å². The van der Waals surface area contributed by atoms with Gasteiger partial charge in [-0.2, -0.15) is 0 Å². The maximum atomic E-state index is 11.6. The molecule has 2 heterocycles. The molecule has 106 valence electrons. The van der Waals surface area contributed by atoms with E-state index in [2.05, 4.69) is 15.2 Å². The normalized spacial score (nSPS) is 10.7. The second-order valence-corrected chi connectivity index (χ2v) is 5.13. The summed E-state index contributed by atoms with van der Waals surface area (Å²) in [5, 5.41) is 16.2. The van der Waals surface area contributed by atoms with Crippen LogP contribution in [0.2, 0.25) is 0 Å². The summed E-state index contributed by atoms with van der Waals surface area (Å²) in [4.78, 5) is 27.0. The quantitative estimate of drug-likeness (QED) is 0.867. The van der Waals surface area contributed by atoms with E-state index >= 15 is 0 Å². The number of carboxylic acids is 1. The Kier molecular flexibility index (Phi) is 4.23. The summed E-state index contributed by atoms with van der Waals surface area (Å²) < 4.78 is 1.47. The van der Waals surface area contributed by atoms with Crippen LogP contribution in [-0.4, -0.2) is 30.8 Å². The van der Waals surface area contributed by atoms with Crippen LogP contribution in [0, 0.1) is 6.92 Å². The summed E-state index contributed by atoms with van der Waals surface area (Å²) in [5.74, 6) is -1.06. The van der Waals surface area contributed by atoms with E-state index in [4.69, 9.17) is 5.11 Å². The Morgan fingerprint density at radius 1 is 1.50 bits per heavy atom. The Morgan fingerprint density at radius 3 is 2.90 bits per heavy atom. The first-order valence-corrected chi connectivity index (χ1v) is 6.88. The number of pyridine rings is 1. The van der Waals surface area contributed by atoms with Crippen molar-refractivity contribution in [1.82, 2.24) is 19.7 Å². The molecule has 2 aromatic heterocycles. The number of carbonyl (C=O) groups is 1. The second kappa shape index (κ2) is 5.91. The zero-order valence-corrected chi connectivity index (χ0v) is 11.9. The lowest BCUT2D eigenvalue weighted by atomic mass is 10.2. The summed E-state index contributed by atoms with van der Waals surface area (Å²) in [7, 11) is 0. The lowest BCUT2D eigenvalue weighted by Gasteiger charge is -2.06. The summed E-state index contributed by atoms with van der Waals surface area (Å²) in [6, 6.07) is 3.14. The third-order valence-electron chi connectivity index (χ3n) is 2.59. The van der Waals surface area contributed by atoms with E-state index in [0.29, 0.717) is 22.4 Å². The fraction of sp³-hybridized carbons (Fsp3) is 0.333. The van der Waals surface area contributed by atoms with Gasteiger partial charge in [0.25, 0.3) is 0 Å². The molecule has 8 heteroatoms. The highest BCUT2D eigenvalue weighted by Gasteiger charge is 2.17. The van der Waals surface area contributed by atoms with Gasteiger partial charge in [-0.3, -0.25) is 4.57 Å². The highest BCUT2D eigenvalue weighted by molar-refractivity contribution is 7.99. The number of aromatic amines is 1.